The molecule has 2 N–H and O–H groups in total. The summed E-state index contributed by atoms with van der Waals surface area (Å²) in [5.41, 5.74) is 6.06. The molecule has 1 heteroatoms. The van der Waals surface area contributed by atoms with E-state index < -0.39 is 0 Å². The largest absolute Gasteiger partial charge is 0.405 e. The third kappa shape index (κ3) is 5.07. The SMILES string of the molecule is C=CN.CCC(C)c1ccccc1. The van der Waals surface area contributed by atoms with Crippen LogP contribution in [0.2, 0.25) is 0 Å². The van der Waals surface area contributed by atoms with Crippen molar-refractivity contribution in [2.75, 3.05) is 0 Å². The fraction of sp³-hybridized carbons (Fsp3) is 0.333. The highest BCUT2D eigenvalue weighted by molar-refractivity contribution is 5.18. The summed E-state index contributed by atoms with van der Waals surface area (Å²) < 4.78 is 0. The minimum Gasteiger partial charge on any atom is -0.405 e. The standard InChI is InChI=1S/C10H14.C2H5N/c1-3-9(2)10-7-5-4-6-8-10;1-2-3/h4-9H,3H2,1-2H3;2H,1,3H2. The molecule has 0 aliphatic rings. The molecule has 0 aliphatic carbocycles. The molecule has 0 heterocycles. The van der Waals surface area contributed by atoms with Gasteiger partial charge in [0.1, 0.15) is 0 Å². The van der Waals surface area contributed by atoms with Gasteiger partial charge >= 0.3 is 0 Å². The molecule has 1 rings (SSSR count). The first-order valence-electron chi connectivity index (χ1n) is 4.63. The maximum Gasteiger partial charge on any atom is -0.0136 e. The first-order chi connectivity index (χ1) is 6.26. The molecule has 13 heavy (non-hydrogen) atoms. The lowest BCUT2D eigenvalue weighted by Crippen LogP contribution is -1.88. The van der Waals surface area contributed by atoms with E-state index in [1.54, 1.807) is 0 Å². The minimum atomic E-state index is 0.709. The molecular weight excluding hydrogens is 158 g/mol. The van der Waals surface area contributed by atoms with E-state index >= 15 is 0 Å². The third-order valence-electron chi connectivity index (χ3n) is 1.98. The Hall–Kier alpha value is -1.24. The normalized spacial score (nSPS) is 10.9. The lowest BCUT2D eigenvalue weighted by atomic mass is 9.99. The summed E-state index contributed by atoms with van der Waals surface area (Å²) in [6.45, 7) is 7.62. The summed E-state index contributed by atoms with van der Waals surface area (Å²) in [4.78, 5) is 0. The van der Waals surface area contributed by atoms with Gasteiger partial charge in [-0.15, -0.1) is 0 Å². The van der Waals surface area contributed by atoms with Gasteiger partial charge in [-0.3, -0.25) is 0 Å². The van der Waals surface area contributed by atoms with E-state index in [0.29, 0.717) is 5.92 Å². The van der Waals surface area contributed by atoms with Crippen LogP contribution >= 0.6 is 0 Å². The maximum atomic E-state index is 4.61. The molecule has 0 saturated carbocycles. The molecule has 72 valence electrons. The van der Waals surface area contributed by atoms with Crippen LogP contribution in [0, 0.1) is 0 Å². The van der Waals surface area contributed by atoms with Gasteiger partial charge < -0.3 is 5.73 Å². The zero-order valence-corrected chi connectivity index (χ0v) is 8.53. The molecular formula is C12H19N. The average Bonchev–Trinajstić information content (AvgIpc) is 2.19. The van der Waals surface area contributed by atoms with E-state index in [-0.39, 0.29) is 0 Å². The summed E-state index contributed by atoms with van der Waals surface area (Å²) in [7, 11) is 0. The zero-order valence-electron chi connectivity index (χ0n) is 8.53. The summed E-state index contributed by atoms with van der Waals surface area (Å²) in [5.74, 6) is 0.709. The second-order valence-corrected chi connectivity index (χ2v) is 2.96. The van der Waals surface area contributed by atoms with Gasteiger partial charge in [-0.1, -0.05) is 50.8 Å². The number of nitrogens with two attached hydrogens (primary N) is 1. The van der Waals surface area contributed by atoms with Gasteiger partial charge in [0, 0.05) is 0 Å². The van der Waals surface area contributed by atoms with E-state index in [9.17, 15) is 0 Å². The van der Waals surface area contributed by atoms with E-state index in [0.717, 1.165) is 0 Å². The fourth-order valence-electron chi connectivity index (χ4n) is 1.02. The van der Waals surface area contributed by atoms with Crippen molar-refractivity contribution < 1.29 is 0 Å². The molecule has 0 bridgehead atoms. The molecule has 1 nitrogen and oxygen atoms in total. The predicted octanol–water partition coefficient (Wildman–Crippen LogP) is 3.29. The highest BCUT2D eigenvalue weighted by Gasteiger charge is 1.98. The van der Waals surface area contributed by atoms with Crippen molar-refractivity contribution >= 4 is 0 Å². The molecule has 0 amide bonds. The van der Waals surface area contributed by atoms with Crippen LogP contribution in [0.25, 0.3) is 0 Å². The van der Waals surface area contributed by atoms with Crippen molar-refractivity contribution in [2.45, 2.75) is 26.2 Å². The van der Waals surface area contributed by atoms with Crippen molar-refractivity contribution in [3.63, 3.8) is 0 Å². The van der Waals surface area contributed by atoms with Crippen molar-refractivity contribution in [3.05, 3.63) is 48.7 Å². The Morgan fingerprint density at radius 2 is 1.85 bits per heavy atom. The first kappa shape index (κ1) is 11.8. The van der Waals surface area contributed by atoms with E-state index in [4.69, 9.17) is 0 Å². The second-order valence-electron chi connectivity index (χ2n) is 2.96. The molecule has 0 spiro atoms. The topological polar surface area (TPSA) is 26.0 Å². The van der Waals surface area contributed by atoms with E-state index in [1.165, 1.54) is 18.2 Å². The summed E-state index contributed by atoms with van der Waals surface area (Å²) in [5, 5.41) is 0. The van der Waals surface area contributed by atoms with Gasteiger partial charge in [0.15, 0.2) is 0 Å². The highest BCUT2D eigenvalue weighted by atomic mass is 14.5. The Morgan fingerprint density at radius 1 is 1.38 bits per heavy atom. The Labute approximate surface area is 81.3 Å². The Bertz CT molecular complexity index is 216. The number of rotatable bonds is 2. The fourth-order valence-corrected chi connectivity index (χ4v) is 1.02. The zero-order chi connectivity index (χ0) is 10.1. The lowest BCUT2D eigenvalue weighted by molar-refractivity contribution is 0.733. The van der Waals surface area contributed by atoms with Gasteiger partial charge in [0.2, 0.25) is 0 Å². The monoisotopic (exact) mass is 177 g/mol. The van der Waals surface area contributed by atoms with Crippen LogP contribution < -0.4 is 5.73 Å². The summed E-state index contributed by atoms with van der Waals surface area (Å²) in [6, 6.07) is 10.6. The van der Waals surface area contributed by atoms with E-state index in [2.05, 4.69) is 56.5 Å². The Kier molecular flexibility index (Phi) is 6.70. The van der Waals surface area contributed by atoms with Crippen LogP contribution in [0.4, 0.5) is 0 Å². The minimum absolute atomic E-state index is 0.709. The third-order valence-corrected chi connectivity index (χ3v) is 1.98. The van der Waals surface area contributed by atoms with Gasteiger partial charge in [0.25, 0.3) is 0 Å². The van der Waals surface area contributed by atoms with Gasteiger partial charge in [-0.25, -0.2) is 0 Å². The maximum absolute atomic E-state index is 4.61. The molecule has 1 aromatic carbocycles. The van der Waals surface area contributed by atoms with Crippen molar-refractivity contribution in [3.8, 4) is 0 Å². The molecule has 0 aliphatic heterocycles. The highest BCUT2D eigenvalue weighted by Crippen LogP contribution is 2.16. The number of hydrogen-bond acceptors (Lipinski definition) is 1. The van der Waals surface area contributed by atoms with Crippen LogP contribution in [0.15, 0.2) is 43.1 Å². The van der Waals surface area contributed by atoms with Gasteiger partial charge in [-0.05, 0) is 24.1 Å². The van der Waals surface area contributed by atoms with Crippen LogP contribution in [-0.4, -0.2) is 0 Å². The summed E-state index contributed by atoms with van der Waals surface area (Å²) >= 11 is 0. The van der Waals surface area contributed by atoms with Crippen LogP contribution in [-0.2, 0) is 0 Å². The molecule has 0 saturated heterocycles. The van der Waals surface area contributed by atoms with Crippen LogP contribution in [0.5, 0.6) is 0 Å². The van der Waals surface area contributed by atoms with Crippen molar-refractivity contribution in [1.29, 1.82) is 0 Å². The predicted molar refractivity (Wildman–Crippen MR) is 59.5 cm³/mol. The molecule has 1 atom stereocenters. The quantitative estimate of drug-likeness (QED) is 0.737. The lowest BCUT2D eigenvalue weighted by Gasteiger charge is -2.06. The Morgan fingerprint density at radius 3 is 2.23 bits per heavy atom. The smallest absolute Gasteiger partial charge is 0.0136 e. The number of benzene rings is 1. The molecule has 1 unspecified atom stereocenters. The number of hydrogen-bond donors (Lipinski definition) is 1. The second kappa shape index (κ2) is 7.41. The van der Waals surface area contributed by atoms with Crippen LogP contribution in [0.1, 0.15) is 31.7 Å². The van der Waals surface area contributed by atoms with E-state index in [1.807, 2.05) is 0 Å². The van der Waals surface area contributed by atoms with Crippen LogP contribution in [0.3, 0.4) is 0 Å². The summed E-state index contributed by atoms with van der Waals surface area (Å²) in [6.07, 6.45) is 2.48. The van der Waals surface area contributed by atoms with Gasteiger partial charge in [-0.2, -0.15) is 0 Å². The average molecular weight is 177 g/mol. The molecule has 1 aromatic rings. The van der Waals surface area contributed by atoms with Crippen molar-refractivity contribution in [2.24, 2.45) is 5.73 Å². The van der Waals surface area contributed by atoms with Crippen molar-refractivity contribution in [1.82, 2.24) is 0 Å². The molecule has 0 fully saturated rings. The Balaban J connectivity index is 0.000000424. The molecule has 0 aromatic heterocycles. The first-order valence-corrected chi connectivity index (χ1v) is 4.63. The molecule has 0 radical (unpaired) electrons. The van der Waals surface area contributed by atoms with Gasteiger partial charge in [0.05, 0.1) is 0 Å².